The predicted octanol–water partition coefficient (Wildman–Crippen LogP) is 4.01. The molecule has 1 aliphatic rings. The molecule has 0 aromatic rings. The molecule has 0 aromatic carbocycles. The Hall–Kier alpha value is -0.700. The molecule has 190 valence electrons. The van der Waals surface area contributed by atoms with Gasteiger partial charge in [-0.3, -0.25) is 4.79 Å². The van der Waals surface area contributed by atoms with Crippen LogP contribution in [0.2, 0.25) is 0 Å². The minimum Gasteiger partial charge on any atom is -0.354 e. The number of sulfonamides is 1. The molecule has 0 spiro atoms. The van der Waals surface area contributed by atoms with Crippen LogP contribution in [0.15, 0.2) is 0 Å². The topological polar surface area (TPSA) is 119 Å². The Kier molecular flexibility index (Phi) is 16.3. The van der Waals surface area contributed by atoms with E-state index in [4.69, 9.17) is 11.5 Å². The lowest BCUT2D eigenvalue weighted by Crippen LogP contribution is -2.50. The predicted molar refractivity (Wildman–Crippen MR) is 134 cm³/mol. The minimum absolute atomic E-state index is 0.0202. The lowest BCUT2D eigenvalue weighted by molar-refractivity contribution is -0.121. The molecule has 1 fully saturated rings. The van der Waals surface area contributed by atoms with Gasteiger partial charge in [0.1, 0.15) is 0 Å². The summed E-state index contributed by atoms with van der Waals surface area (Å²) in [6, 6.07) is -0.113. The van der Waals surface area contributed by atoms with Gasteiger partial charge in [-0.1, -0.05) is 77.6 Å². The van der Waals surface area contributed by atoms with Crippen molar-refractivity contribution >= 4 is 15.9 Å². The van der Waals surface area contributed by atoms with Gasteiger partial charge in [0.25, 0.3) is 0 Å². The Morgan fingerprint density at radius 3 is 2.19 bits per heavy atom. The summed E-state index contributed by atoms with van der Waals surface area (Å²) in [5.74, 6) is 0.209. The highest BCUT2D eigenvalue weighted by Gasteiger charge is 2.31. The van der Waals surface area contributed by atoms with E-state index in [1.54, 1.807) is 4.31 Å². The minimum atomic E-state index is -3.26. The van der Waals surface area contributed by atoms with Crippen LogP contribution in [-0.2, 0) is 14.8 Å². The van der Waals surface area contributed by atoms with Crippen molar-refractivity contribution in [3.8, 4) is 0 Å². The third-order valence-corrected chi connectivity index (χ3v) is 8.41. The van der Waals surface area contributed by atoms with Gasteiger partial charge in [0.2, 0.25) is 15.9 Å². The number of nitrogens with one attached hydrogen (secondary N) is 1. The van der Waals surface area contributed by atoms with Crippen LogP contribution in [0.25, 0.3) is 0 Å². The van der Waals surface area contributed by atoms with Crippen LogP contribution < -0.4 is 16.8 Å². The average Bonchev–Trinajstić information content (AvgIpc) is 2.76. The van der Waals surface area contributed by atoms with E-state index in [2.05, 4.69) is 12.2 Å². The number of rotatable bonds is 19. The first-order valence-electron chi connectivity index (χ1n) is 13.1. The fraction of sp³-hybridized carbons (Fsp3) is 0.958. The molecule has 0 aliphatic carbocycles. The summed E-state index contributed by atoms with van der Waals surface area (Å²) in [5.41, 5.74) is 11.0. The number of piperidine rings is 1. The number of nitrogens with zero attached hydrogens (tertiary/aromatic N) is 1. The fourth-order valence-electron chi connectivity index (χ4n) is 4.42. The van der Waals surface area contributed by atoms with Gasteiger partial charge in [-0.25, -0.2) is 8.42 Å². The molecule has 0 saturated carbocycles. The summed E-state index contributed by atoms with van der Waals surface area (Å²) >= 11 is 0. The summed E-state index contributed by atoms with van der Waals surface area (Å²) in [7, 11) is -3.26. The van der Waals surface area contributed by atoms with Gasteiger partial charge in [0.05, 0.1) is 11.9 Å². The quantitative estimate of drug-likeness (QED) is 0.193. The highest BCUT2D eigenvalue weighted by molar-refractivity contribution is 7.89. The van der Waals surface area contributed by atoms with Crippen LogP contribution in [0.3, 0.4) is 0 Å². The monoisotopic (exact) mass is 474 g/mol. The van der Waals surface area contributed by atoms with Crippen molar-refractivity contribution in [3.05, 3.63) is 0 Å². The lowest BCUT2D eigenvalue weighted by Gasteiger charge is -2.34. The third kappa shape index (κ3) is 13.8. The Bertz CT molecular complexity index is 584. The first-order chi connectivity index (χ1) is 15.4. The lowest BCUT2D eigenvalue weighted by atomic mass is 10.0. The molecule has 32 heavy (non-hydrogen) atoms. The first-order valence-corrected chi connectivity index (χ1v) is 14.7. The van der Waals surface area contributed by atoms with Gasteiger partial charge >= 0.3 is 0 Å². The van der Waals surface area contributed by atoms with E-state index in [9.17, 15) is 13.2 Å². The van der Waals surface area contributed by atoms with Gasteiger partial charge in [-0.05, 0) is 32.1 Å². The summed E-state index contributed by atoms with van der Waals surface area (Å²) in [5, 5.41) is 2.94. The normalized spacial score (nSPS) is 17.7. The molecule has 1 aliphatic heterocycles. The van der Waals surface area contributed by atoms with E-state index < -0.39 is 10.0 Å². The molecule has 7 nitrogen and oxygen atoms in total. The van der Waals surface area contributed by atoms with Crippen molar-refractivity contribution in [2.24, 2.45) is 11.5 Å². The second kappa shape index (κ2) is 17.7. The van der Waals surface area contributed by atoms with E-state index in [-0.39, 0.29) is 23.9 Å². The highest BCUT2D eigenvalue weighted by Crippen LogP contribution is 2.21. The van der Waals surface area contributed by atoms with Crippen LogP contribution in [0.1, 0.15) is 116 Å². The molecular formula is C24H50N4O3S. The molecule has 0 bridgehead atoms. The number of nitrogens with two attached hydrogens (primary N) is 2. The van der Waals surface area contributed by atoms with Crippen molar-refractivity contribution in [2.45, 2.75) is 128 Å². The maximum absolute atomic E-state index is 12.9. The van der Waals surface area contributed by atoms with Crippen LogP contribution in [0.4, 0.5) is 0 Å². The van der Waals surface area contributed by atoms with Gasteiger partial charge in [-0.2, -0.15) is 4.31 Å². The van der Waals surface area contributed by atoms with Crippen LogP contribution >= 0.6 is 0 Å². The van der Waals surface area contributed by atoms with Crippen molar-refractivity contribution < 1.29 is 13.2 Å². The number of hydrogen-bond acceptors (Lipinski definition) is 5. The van der Waals surface area contributed by atoms with Crippen molar-refractivity contribution in [1.29, 1.82) is 0 Å². The first kappa shape index (κ1) is 29.3. The number of hydrogen-bond donors (Lipinski definition) is 3. The molecule has 1 saturated heterocycles. The van der Waals surface area contributed by atoms with E-state index in [1.165, 1.54) is 44.9 Å². The zero-order chi connectivity index (χ0) is 23.7. The maximum atomic E-state index is 12.9. The number of unbranched alkanes of at least 4 members (excludes halogenated alkanes) is 10. The van der Waals surface area contributed by atoms with Gasteiger partial charge in [0, 0.05) is 25.6 Å². The number of carbonyl (C=O) groups excluding carboxylic acids is 1. The van der Waals surface area contributed by atoms with Crippen molar-refractivity contribution in [2.75, 3.05) is 18.8 Å². The fourth-order valence-corrected chi connectivity index (χ4v) is 6.26. The molecule has 5 N–H and O–H groups in total. The molecule has 0 aromatic heterocycles. The Morgan fingerprint density at radius 2 is 1.56 bits per heavy atom. The summed E-state index contributed by atoms with van der Waals surface area (Å²) in [6.07, 6.45) is 17.0. The maximum Gasteiger partial charge on any atom is 0.220 e. The average molecular weight is 475 g/mol. The van der Waals surface area contributed by atoms with E-state index >= 15 is 0 Å². The third-order valence-electron chi connectivity index (χ3n) is 6.41. The molecule has 1 rings (SSSR count). The summed E-state index contributed by atoms with van der Waals surface area (Å²) in [6.45, 7) is 3.22. The molecule has 1 unspecified atom stereocenters. The molecular weight excluding hydrogens is 424 g/mol. The Morgan fingerprint density at radius 1 is 0.938 bits per heavy atom. The van der Waals surface area contributed by atoms with Gasteiger partial charge < -0.3 is 16.8 Å². The van der Waals surface area contributed by atoms with Gasteiger partial charge in [0.15, 0.2) is 0 Å². The Balaban J connectivity index is 2.26. The molecule has 0 radical (unpaired) electrons. The zero-order valence-electron chi connectivity index (χ0n) is 20.5. The molecule has 1 amide bonds. The van der Waals surface area contributed by atoms with E-state index in [0.29, 0.717) is 25.9 Å². The zero-order valence-corrected chi connectivity index (χ0v) is 21.3. The smallest absolute Gasteiger partial charge is 0.220 e. The molecule has 1 atom stereocenters. The largest absolute Gasteiger partial charge is 0.354 e. The summed E-state index contributed by atoms with van der Waals surface area (Å²) < 4.78 is 27.5. The standard InChI is InChI=1S/C24H50N4O3S/c1-2-3-4-5-6-7-8-9-10-15-20-32(30,31)28-19-14-13-16-22(28)21-27-24(29)18-12-11-17-23(25)26/h22-23H,2-21,25-26H2,1H3,(H,27,29). The van der Waals surface area contributed by atoms with E-state index in [0.717, 1.165) is 51.4 Å². The van der Waals surface area contributed by atoms with Crippen molar-refractivity contribution in [1.82, 2.24) is 9.62 Å². The second-order valence-electron chi connectivity index (χ2n) is 9.47. The molecule has 8 heteroatoms. The van der Waals surface area contributed by atoms with E-state index in [1.807, 2.05) is 0 Å². The second-order valence-corrected chi connectivity index (χ2v) is 11.5. The number of amides is 1. The Labute approximate surface area is 197 Å². The van der Waals surface area contributed by atoms with Crippen molar-refractivity contribution in [3.63, 3.8) is 0 Å². The van der Waals surface area contributed by atoms with Gasteiger partial charge in [-0.15, -0.1) is 0 Å². The van der Waals surface area contributed by atoms with Crippen LogP contribution in [0.5, 0.6) is 0 Å². The molecule has 1 heterocycles. The highest BCUT2D eigenvalue weighted by atomic mass is 32.2. The number of carbonyl (C=O) groups is 1. The summed E-state index contributed by atoms with van der Waals surface area (Å²) in [4.78, 5) is 12.1. The van der Waals surface area contributed by atoms with Crippen LogP contribution in [-0.4, -0.2) is 49.7 Å². The SMILES string of the molecule is CCCCCCCCCCCCS(=O)(=O)N1CCCCC1CNC(=O)CCCCC(N)N. The van der Waals surface area contributed by atoms with Crippen LogP contribution in [0, 0.1) is 0 Å².